The molecule has 0 saturated heterocycles. The predicted molar refractivity (Wildman–Crippen MR) is 117 cm³/mol. The fraction of sp³-hybridized carbons (Fsp3) is 0.200. The minimum absolute atomic E-state index is 0.313. The normalized spacial score (nSPS) is 11.0. The van der Waals surface area contributed by atoms with E-state index in [4.69, 9.17) is 9.47 Å². The van der Waals surface area contributed by atoms with Crippen LogP contribution in [0, 0.1) is 0 Å². The first-order valence-corrected chi connectivity index (χ1v) is 10.1. The van der Waals surface area contributed by atoms with Crippen molar-refractivity contribution in [1.82, 2.24) is 9.55 Å². The van der Waals surface area contributed by atoms with E-state index in [1.807, 2.05) is 59.2 Å². The summed E-state index contributed by atoms with van der Waals surface area (Å²) in [7, 11) is 0. The number of carbonyl (C=O) groups excluding carboxylic acids is 1. The van der Waals surface area contributed by atoms with E-state index in [1.54, 1.807) is 13.0 Å². The molecule has 2 aromatic carbocycles. The van der Waals surface area contributed by atoms with E-state index in [-0.39, 0.29) is 0 Å². The summed E-state index contributed by atoms with van der Waals surface area (Å²) >= 11 is 0. The van der Waals surface area contributed by atoms with Gasteiger partial charge in [0, 0.05) is 23.7 Å². The zero-order valence-corrected chi connectivity index (χ0v) is 17.0. The Morgan fingerprint density at radius 3 is 2.43 bits per heavy atom. The van der Waals surface area contributed by atoms with E-state index in [0.717, 1.165) is 27.7 Å². The van der Waals surface area contributed by atoms with Gasteiger partial charge in [-0.3, -0.25) is 0 Å². The molecule has 152 valence electrons. The molecular formula is C25H24N2O3. The molecule has 0 saturated carbocycles. The number of nitrogens with zero attached hydrogens (tertiary/aromatic N) is 2. The molecule has 0 fully saturated rings. The van der Waals surface area contributed by atoms with Crippen molar-refractivity contribution in [3.05, 3.63) is 90.3 Å². The molecule has 0 atom stereocenters. The molecule has 30 heavy (non-hydrogen) atoms. The molecule has 5 heteroatoms. The first-order chi connectivity index (χ1) is 14.8. The SMILES string of the molecule is CCOC(=O)c1ccc2c(-c3ccccc3)cn(CCOCc3ccccc3)c2n1. The Kier molecular flexibility index (Phi) is 6.20. The molecule has 4 rings (SSSR count). The second-order valence-electron chi connectivity index (χ2n) is 6.93. The largest absolute Gasteiger partial charge is 0.461 e. The highest BCUT2D eigenvalue weighted by molar-refractivity contribution is 5.97. The maximum absolute atomic E-state index is 12.2. The average Bonchev–Trinajstić information content (AvgIpc) is 3.16. The topological polar surface area (TPSA) is 53.4 Å². The van der Waals surface area contributed by atoms with E-state index < -0.39 is 5.97 Å². The Labute approximate surface area is 175 Å². The van der Waals surface area contributed by atoms with Crippen LogP contribution in [0.1, 0.15) is 23.0 Å². The summed E-state index contributed by atoms with van der Waals surface area (Å²) in [5.74, 6) is -0.409. The summed E-state index contributed by atoms with van der Waals surface area (Å²) in [5, 5.41) is 0.998. The minimum atomic E-state index is -0.409. The smallest absolute Gasteiger partial charge is 0.356 e. The molecule has 0 aliphatic rings. The number of esters is 1. The van der Waals surface area contributed by atoms with Crippen LogP contribution in [-0.2, 0) is 22.6 Å². The fourth-order valence-corrected chi connectivity index (χ4v) is 3.43. The Morgan fingerprint density at radius 2 is 1.70 bits per heavy atom. The summed E-state index contributed by atoms with van der Waals surface area (Å²) in [4.78, 5) is 16.8. The van der Waals surface area contributed by atoms with Gasteiger partial charge in [0.25, 0.3) is 0 Å². The van der Waals surface area contributed by atoms with Crippen LogP contribution in [0.3, 0.4) is 0 Å². The van der Waals surface area contributed by atoms with E-state index in [0.29, 0.717) is 32.1 Å². The van der Waals surface area contributed by atoms with Gasteiger partial charge in [-0.2, -0.15) is 0 Å². The zero-order chi connectivity index (χ0) is 20.8. The number of rotatable bonds is 8. The van der Waals surface area contributed by atoms with Crippen molar-refractivity contribution in [1.29, 1.82) is 0 Å². The molecule has 0 unspecified atom stereocenters. The Balaban J connectivity index is 1.61. The summed E-state index contributed by atoms with van der Waals surface area (Å²) in [6.45, 7) is 3.85. The van der Waals surface area contributed by atoms with Gasteiger partial charge in [0.15, 0.2) is 5.69 Å². The van der Waals surface area contributed by atoms with Crippen molar-refractivity contribution in [2.45, 2.75) is 20.1 Å². The highest BCUT2D eigenvalue weighted by Crippen LogP contribution is 2.30. The van der Waals surface area contributed by atoms with Gasteiger partial charge in [-0.15, -0.1) is 0 Å². The number of aromatic nitrogens is 2. The van der Waals surface area contributed by atoms with Crippen molar-refractivity contribution >= 4 is 17.0 Å². The second-order valence-corrected chi connectivity index (χ2v) is 6.93. The van der Waals surface area contributed by atoms with Crippen LogP contribution in [0.15, 0.2) is 79.0 Å². The predicted octanol–water partition coefficient (Wildman–Crippen LogP) is 5.10. The van der Waals surface area contributed by atoms with E-state index >= 15 is 0 Å². The van der Waals surface area contributed by atoms with Crippen molar-refractivity contribution in [3.8, 4) is 11.1 Å². The third kappa shape index (κ3) is 4.42. The molecule has 0 N–H and O–H groups in total. The molecule has 0 radical (unpaired) electrons. The van der Waals surface area contributed by atoms with Crippen molar-refractivity contribution in [3.63, 3.8) is 0 Å². The number of pyridine rings is 1. The van der Waals surface area contributed by atoms with Gasteiger partial charge in [0.1, 0.15) is 5.65 Å². The van der Waals surface area contributed by atoms with Crippen LogP contribution in [-0.4, -0.2) is 28.7 Å². The Bertz CT molecular complexity index is 1120. The van der Waals surface area contributed by atoms with Crippen LogP contribution in [0.25, 0.3) is 22.2 Å². The van der Waals surface area contributed by atoms with Crippen molar-refractivity contribution in [2.75, 3.05) is 13.2 Å². The van der Waals surface area contributed by atoms with E-state index in [1.165, 1.54) is 0 Å². The molecule has 5 nitrogen and oxygen atoms in total. The maximum Gasteiger partial charge on any atom is 0.356 e. The Hall–Kier alpha value is -3.44. The standard InChI is InChI=1S/C25H24N2O3/c1-2-30-25(28)23-14-13-21-22(20-11-7-4-8-12-20)17-27(24(21)26-23)15-16-29-18-19-9-5-3-6-10-19/h3-14,17H,2,15-16,18H2,1H3. The molecule has 0 spiro atoms. The van der Waals surface area contributed by atoms with Crippen LogP contribution in [0.2, 0.25) is 0 Å². The molecule has 0 aliphatic carbocycles. The molecule has 2 heterocycles. The molecule has 2 aromatic heterocycles. The van der Waals surface area contributed by atoms with E-state index in [9.17, 15) is 4.79 Å². The number of fused-ring (bicyclic) bond motifs is 1. The lowest BCUT2D eigenvalue weighted by Gasteiger charge is -2.07. The van der Waals surface area contributed by atoms with Crippen molar-refractivity contribution in [2.24, 2.45) is 0 Å². The van der Waals surface area contributed by atoms with Crippen LogP contribution >= 0.6 is 0 Å². The van der Waals surface area contributed by atoms with E-state index in [2.05, 4.69) is 23.3 Å². The molecule has 4 aromatic rings. The fourth-order valence-electron chi connectivity index (χ4n) is 3.43. The quantitative estimate of drug-likeness (QED) is 0.305. The highest BCUT2D eigenvalue weighted by atomic mass is 16.5. The zero-order valence-electron chi connectivity index (χ0n) is 17.0. The average molecular weight is 400 g/mol. The monoisotopic (exact) mass is 400 g/mol. The van der Waals surface area contributed by atoms with Crippen LogP contribution < -0.4 is 0 Å². The summed E-state index contributed by atoms with van der Waals surface area (Å²) in [6, 6.07) is 23.9. The number of hydrogen-bond acceptors (Lipinski definition) is 4. The Morgan fingerprint density at radius 1 is 0.967 bits per heavy atom. The van der Waals surface area contributed by atoms with Crippen LogP contribution in [0.5, 0.6) is 0 Å². The summed E-state index contributed by atoms with van der Waals surface area (Å²) < 4.78 is 13.0. The van der Waals surface area contributed by atoms with Gasteiger partial charge >= 0.3 is 5.97 Å². The van der Waals surface area contributed by atoms with Gasteiger partial charge in [0.2, 0.25) is 0 Å². The lowest BCUT2D eigenvalue weighted by atomic mass is 10.1. The highest BCUT2D eigenvalue weighted by Gasteiger charge is 2.15. The number of benzene rings is 2. The summed E-state index contributed by atoms with van der Waals surface area (Å²) in [5.41, 5.74) is 4.40. The third-order valence-corrected chi connectivity index (χ3v) is 4.88. The number of ether oxygens (including phenoxy) is 2. The molecule has 0 bridgehead atoms. The number of hydrogen-bond donors (Lipinski definition) is 0. The van der Waals surface area contributed by atoms with Gasteiger partial charge < -0.3 is 14.0 Å². The number of carbonyl (C=O) groups is 1. The lowest BCUT2D eigenvalue weighted by molar-refractivity contribution is 0.0520. The minimum Gasteiger partial charge on any atom is -0.461 e. The van der Waals surface area contributed by atoms with Crippen molar-refractivity contribution < 1.29 is 14.3 Å². The van der Waals surface area contributed by atoms with Gasteiger partial charge in [0.05, 0.1) is 19.8 Å². The molecule has 0 aliphatic heterocycles. The second kappa shape index (κ2) is 9.37. The van der Waals surface area contributed by atoms with Gasteiger partial charge in [-0.1, -0.05) is 60.7 Å². The first kappa shape index (κ1) is 19.9. The molecular weight excluding hydrogens is 376 g/mol. The molecule has 0 amide bonds. The lowest BCUT2D eigenvalue weighted by Crippen LogP contribution is -2.09. The van der Waals surface area contributed by atoms with Gasteiger partial charge in [-0.05, 0) is 30.2 Å². The summed E-state index contributed by atoms with van der Waals surface area (Å²) in [6.07, 6.45) is 2.08. The van der Waals surface area contributed by atoms with Gasteiger partial charge in [-0.25, -0.2) is 9.78 Å². The first-order valence-electron chi connectivity index (χ1n) is 10.1. The van der Waals surface area contributed by atoms with Crippen LogP contribution in [0.4, 0.5) is 0 Å². The maximum atomic E-state index is 12.2. The third-order valence-electron chi connectivity index (χ3n) is 4.88.